The van der Waals surface area contributed by atoms with E-state index in [4.69, 9.17) is 4.99 Å². The molecule has 3 rings (SSSR count). The monoisotopic (exact) mass is 384 g/mol. The number of aliphatic imine (C=N–C) groups is 1. The van der Waals surface area contributed by atoms with Gasteiger partial charge in [-0.1, -0.05) is 55.3 Å². The van der Waals surface area contributed by atoms with Gasteiger partial charge in [0.25, 0.3) is 0 Å². The van der Waals surface area contributed by atoms with Crippen LogP contribution >= 0.6 is 0 Å². The van der Waals surface area contributed by atoms with Gasteiger partial charge in [-0.3, -0.25) is 0 Å². The van der Waals surface area contributed by atoms with Crippen molar-refractivity contribution in [3.05, 3.63) is 88.6 Å². The van der Waals surface area contributed by atoms with Crippen molar-refractivity contribution in [2.24, 2.45) is 4.99 Å². The van der Waals surface area contributed by atoms with Crippen LogP contribution in [0.2, 0.25) is 0 Å². The summed E-state index contributed by atoms with van der Waals surface area (Å²) in [6, 6.07) is 16.1. The molecule has 148 valence electrons. The Bertz CT molecular complexity index is 1010. The van der Waals surface area contributed by atoms with Crippen LogP contribution in [0.4, 0.5) is 5.69 Å². The molecule has 1 atom stereocenters. The molecule has 1 aliphatic rings. The SMILES string of the molecule is C=C(/C=C(/C)CCCC)NC1=NC(c2cccc(C)c2)Nc2cc(C#N)ccc21. The molecule has 1 unspecified atom stereocenters. The Balaban J connectivity index is 1.93. The second kappa shape index (κ2) is 9.25. The third-order valence-electron chi connectivity index (χ3n) is 4.94. The van der Waals surface area contributed by atoms with E-state index in [1.807, 2.05) is 24.3 Å². The maximum Gasteiger partial charge on any atom is 0.147 e. The Hall–Kier alpha value is -3.32. The Kier molecular flexibility index (Phi) is 6.51. The van der Waals surface area contributed by atoms with E-state index in [-0.39, 0.29) is 6.17 Å². The molecule has 29 heavy (non-hydrogen) atoms. The summed E-state index contributed by atoms with van der Waals surface area (Å²) in [6.07, 6.45) is 5.29. The van der Waals surface area contributed by atoms with E-state index in [1.54, 1.807) is 0 Å². The number of allylic oxidation sites excluding steroid dienone is 2. The molecule has 0 aromatic heterocycles. The first-order valence-corrected chi connectivity index (χ1v) is 10.1. The van der Waals surface area contributed by atoms with Crippen molar-refractivity contribution in [1.82, 2.24) is 5.32 Å². The van der Waals surface area contributed by atoms with Crippen molar-refractivity contribution >= 4 is 11.5 Å². The normalized spacial score (nSPS) is 15.6. The average Bonchev–Trinajstić information content (AvgIpc) is 2.71. The van der Waals surface area contributed by atoms with Gasteiger partial charge in [-0.05, 0) is 56.5 Å². The fourth-order valence-electron chi connectivity index (χ4n) is 3.43. The number of fused-ring (bicyclic) bond motifs is 1. The van der Waals surface area contributed by atoms with Crippen molar-refractivity contribution < 1.29 is 0 Å². The third-order valence-corrected chi connectivity index (χ3v) is 4.94. The van der Waals surface area contributed by atoms with Gasteiger partial charge in [0.2, 0.25) is 0 Å². The molecule has 4 nitrogen and oxygen atoms in total. The predicted octanol–water partition coefficient (Wildman–Crippen LogP) is 5.98. The predicted molar refractivity (Wildman–Crippen MR) is 121 cm³/mol. The van der Waals surface area contributed by atoms with Crippen molar-refractivity contribution in [3.63, 3.8) is 0 Å². The topological polar surface area (TPSA) is 60.2 Å². The lowest BCUT2D eigenvalue weighted by Crippen LogP contribution is -2.30. The average molecular weight is 385 g/mol. The second-order valence-corrected chi connectivity index (χ2v) is 7.56. The van der Waals surface area contributed by atoms with Crippen LogP contribution in [0.15, 0.2) is 71.4 Å². The molecule has 2 aromatic carbocycles. The molecule has 0 fully saturated rings. The summed E-state index contributed by atoms with van der Waals surface area (Å²) >= 11 is 0. The number of aryl methyl sites for hydroxylation is 1. The molecule has 0 saturated carbocycles. The van der Waals surface area contributed by atoms with Gasteiger partial charge in [0.05, 0.1) is 11.6 Å². The van der Waals surface area contributed by atoms with Gasteiger partial charge in [0.1, 0.15) is 12.0 Å². The summed E-state index contributed by atoms with van der Waals surface area (Å²) in [6.45, 7) is 10.6. The van der Waals surface area contributed by atoms with Crippen LogP contribution in [-0.2, 0) is 0 Å². The highest BCUT2D eigenvalue weighted by Crippen LogP contribution is 2.30. The molecule has 1 aliphatic heterocycles. The summed E-state index contributed by atoms with van der Waals surface area (Å²) in [4.78, 5) is 4.92. The summed E-state index contributed by atoms with van der Waals surface area (Å²) in [5.74, 6) is 0.763. The van der Waals surface area contributed by atoms with Crippen molar-refractivity contribution in [3.8, 4) is 6.07 Å². The molecule has 0 radical (unpaired) electrons. The number of amidine groups is 1. The van der Waals surface area contributed by atoms with Gasteiger partial charge in [0.15, 0.2) is 0 Å². The summed E-state index contributed by atoms with van der Waals surface area (Å²) in [7, 11) is 0. The zero-order valence-corrected chi connectivity index (χ0v) is 17.4. The van der Waals surface area contributed by atoms with E-state index >= 15 is 0 Å². The molecular formula is C25H28N4. The highest BCUT2D eigenvalue weighted by atomic mass is 15.2. The van der Waals surface area contributed by atoms with Gasteiger partial charge in [0, 0.05) is 16.9 Å². The Morgan fingerprint density at radius 3 is 2.86 bits per heavy atom. The standard InChI is InChI=1S/C25H28N4/c1-5-6-8-17(2)13-19(4)27-25-22-12-11-20(16-26)15-23(22)28-24(29-25)21-10-7-9-18(3)14-21/h7,9-15,24,28H,4-6,8H2,1-3H3,(H,27,29)/b17-13-. The zero-order valence-electron chi connectivity index (χ0n) is 17.4. The van der Waals surface area contributed by atoms with E-state index in [9.17, 15) is 5.26 Å². The number of nitrogens with one attached hydrogen (secondary N) is 2. The largest absolute Gasteiger partial charge is 0.359 e. The lowest BCUT2D eigenvalue weighted by molar-refractivity contribution is 0.785. The van der Waals surface area contributed by atoms with Crippen LogP contribution in [-0.4, -0.2) is 5.84 Å². The molecular weight excluding hydrogens is 356 g/mol. The van der Waals surface area contributed by atoms with E-state index < -0.39 is 0 Å². The number of rotatable bonds is 6. The Labute approximate surface area is 173 Å². The van der Waals surface area contributed by atoms with Crippen molar-refractivity contribution in [2.75, 3.05) is 5.32 Å². The number of benzene rings is 2. The number of nitriles is 1. The smallest absolute Gasteiger partial charge is 0.147 e. The van der Waals surface area contributed by atoms with E-state index in [0.29, 0.717) is 5.56 Å². The van der Waals surface area contributed by atoms with E-state index in [1.165, 1.54) is 24.0 Å². The summed E-state index contributed by atoms with van der Waals surface area (Å²) in [5, 5.41) is 16.1. The molecule has 4 heteroatoms. The van der Waals surface area contributed by atoms with E-state index in [0.717, 1.165) is 34.8 Å². The molecule has 1 heterocycles. The lowest BCUT2D eigenvalue weighted by atomic mass is 10.0. The zero-order chi connectivity index (χ0) is 20.8. The van der Waals surface area contributed by atoms with Crippen LogP contribution in [0.1, 0.15) is 61.5 Å². The first-order chi connectivity index (χ1) is 14.0. The first-order valence-electron chi connectivity index (χ1n) is 10.1. The fraction of sp³-hybridized carbons (Fsp3) is 0.280. The summed E-state index contributed by atoms with van der Waals surface area (Å²) < 4.78 is 0. The number of unbranched alkanes of at least 4 members (excludes halogenated alkanes) is 1. The van der Waals surface area contributed by atoms with Gasteiger partial charge < -0.3 is 10.6 Å². The van der Waals surface area contributed by atoms with Gasteiger partial charge in [-0.25, -0.2) is 4.99 Å². The molecule has 0 bridgehead atoms. The Morgan fingerprint density at radius 2 is 2.14 bits per heavy atom. The highest BCUT2D eigenvalue weighted by molar-refractivity contribution is 6.06. The molecule has 0 aliphatic carbocycles. The van der Waals surface area contributed by atoms with Gasteiger partial charge in [-0.2, -0.15) is 5.26 Å². The quantitative estimate of drug-likeness (QED) is 0.603. The van der Waals surface area contributed by atoms with Crippen LogP contribution in [0.3, 0.4) is 0 Å². The third kappa shape index (κ3) is 5.14. The van der Waals surface area contributed by atoms with Crippen LogP contribution in [0.5, 0.6) is 0 Å². The van der Waals surface area contributed by atoms with Crippen LogP contribution in [0.25, 0.3) is 0 Å². The Morgan fingerprint density at radius 1 is 1.31 bits per heavy atom. The summed E-state index contributed by atoms with van der Waals surface area (Å²) in [5.41, 5.74) is 6.84. The maximum atomic E-state index is 9.29. The van der Waals surface area contributed by atoms with Crippen molar-refractivity contribution in [2.45, 2.75) is 46.2 Å². The van der Waals surface area contributed by atoms with Crippen LogP contribution in [0, 0.1) is 18.3 Å². The number of nitrogens with zero attached hydrogens (tertiary/aromatic N) is 2. The molecule has 2 aromatic rings. The van der Waals surface area contributed by atoms with Gasteiger partial charge >= 0.3 is 0 Å². The minimum atomic E-state index is -0.225. The molecule has 0 spiro atoms. The van der Waals surface area contributed by atoms with Gasteiger partial charge in [-0.15, -0.1) is 0 Å². The molecule has 0 saturated heterocycles. The minimum absolute atomic E-state index is 0.225. The van der Waals surface area contributed by atoms with Crippen LogP contribution < -0.4 is 10.6 Å². The number of anilines is 1. The first kappa shape index (κ1) is 20.4. The number of hydrogen-bond donors (Lipinski definition) is 2. The van der Waals surface area contributed by atoms with E-state index in [2.05, 4.69) is 68.3 Å². The number of hydrogen-bond acceptors (Lipinski definition) is 4. The fourth-order valence-corrected chi connectivity index (χ4v) is 3.43. The highest BCUT2D eigenvalue weighted by Gasteiger charge is 2.22. The molecule has 0 amide bonds. The van der Waals surface area contributed by atoms with Crippen molar-refractivity contribution in [1.29, 1.82) is 5.26 Å². The maximum absolute atomic E-state index is 9.29. The second-order valence-electron chi connectivity index (χ2n) is 7.56. The lowest BCUT2D eigenvalue weighted by Gasteiger charge is -2.27. The minimum Gasteiger partial charge on any atom is -0.359 e. The molecule has 2 N–H and O–H groups in total.